The van der Waals surface area contributed by atoms with Crippen LogP contribution in [0.15, 0.2) is 0 Å². The summed E-state index contributed by atoms with van der Waals surface area (Å²) in [5, 5.41) is 0. The molecule has 0 spiro atoms. The second-order valence-corrected chi connectivity index (χ2v) is 7.70. The molecule has 0 aliphatic carbocycles. The standard InChI is InChI=1S/C10H20P2/c1-5-11(6-2)9-10-12(7-3)8-4/h5-8H2,1-4H3. The van der Waals surface area contributed by atoms with Gasteiger partial charge in [-0.05, 0) is 40.5 Å². The zero-order valence-corrected chi connectivity index (χ0v) is 10.5. The highest BCUT2D eigenvalue weighted by Crippen LogP contribution is 2.37. The first-order chi connectivity index (χ1) is 5.78. The summed E-state index contributed by atoms with van der Waals surface area (Å²) in [6.45, 7) is 9.02. The van der Waals surface area contributed by atoms with E-state index >= 15 is 0 Å². The van der Waals surface area contributed by atoms with Crippen LogP contribution in [0.25, 0.3) is 0 Å². The fourth-order valence-corrected chi connectivity index (χ4v) is 3.56. The lowest BCUT2D eigenvalue weighted by molar-refractivity contribution is 1.42. The van der Waals surface area contributed by atoms with E-state index in [4.69, 9.17) is 0 Å². The fourth-order valence-electron chi connectivity index (χ4n) is 0.905. The topological polar surface area (TPSA) is 0 Å². The summed E-state index contributed by atoms with van der Waals surface area (Å²) in [5.74, 6) is 0. The van der Waals surface area contributed by atoms with Crippen LogP contribution < -0.4 is 0 Å². The molecule has 0 unspecified atom stereocenters. The Morgan fingerprint density at radius 2 is 0.917 bits per heavy atom. The third-order valence-corrected chi connectivity index (χ3v) is 5.98. The average Bonchev–Trinajstić information content (AvgIpc) is 2.13. The van der Waals surface area contributed by atoms with Crippen LogP contribution in [-0.2, 0) is 0 Å². The van der Waals surface area contributed by atoms with Crippen LogP contribution in [-0.4, -0.2) is 24.6 Å². The van der Waals surface area contributed by atoms with Crippen molar-refractivity contribution in [3.63, 3.8) is 0 Å². The Morgan fingerprint density at radius 1 is 0.667 bits per heavy atom. The molecule has 0 rings (SSSR count). The number of rotatable bonds is 4. The van der Waals surface area contributed by atoms with Gasteiger partial charge in [-0.25, -0.2) is 0 Å². The van der Waals surface area contributed by atoms with Crippen molar-refractivity contribution >= 4 is 15.8 Å². The molecule has 0 radical (unpaired) electrons. The van der Waals surface area contributed by atoms with Gasteiger partial charge in [0.2, 0.25) is 0 Å². The van der Waals surface area contributed by atoms with Crippen LogP contribution >= 0.6 is 15.8 Å². The van der Waals surface area contributed by atoms with E-state index in [1.165, 1.54) is 24.6 Å². The van der Waals surface area contributed by atoms with E-state index in [1.807, 2.05) is 0 Å². The third kappa shape index (κ3) is 5.13. The molecule has 0 saturated heterocycles. The second-order valence-electron chi connectivity index (χ2n) is 2.57. The molecule has 70 valence electrons. The molecule has 0 bridgehead atoms. The van der Waals surface area contributed by atoms with E-state index in [0.29, 0.717) is 0 Å². The largest absolute Gasteiger partial charge is 0.0721 e. The normalized spacial score (nSPS) is 10.2. The van der Waals surface area contributed by atoms with E-state index in [1.54, 1.807) is 0 Å². The smallest absolute Gasteiger partial charge is 0.0242 e. The minimum atomic E-state index is 0.0549. The van der Waals surface area contributed by atoms with Crippen LogP contribution in [0, 0.1) is 11.3 Å². The van der Waals surface area contributed by atoms with Gasteiger partial charge in [-0.3, -0.25) is 0 Å². The Balaban J connectivity index is 3.96. The van der Waals surface area contributed by atoms with Gasteiger partial charge in [0.15, 0.2) is 0 Å². The first kappa shape index (κ1) is 12.4. The Bertz CT molecular complexity index is 131. The zero-order chi connectivity index (χ0) is 9.40. The van der Waals surface area contributed by atoms with Crippen molar-refractivity contribution in [3.8, 4) is 11.3 Å². The van der Waals surface area contributed by atoms with Crippen molar-refractivity contribution in [3.05, 3.63) is 0 Å². The van der Waals surface area contributed by atoms with Gasteiger partial charge in [-0.15, -0.1) is 0 Å². The van der Waals surface area contributed by atoms with Gasteiger partial charge in [0.1, 0.15) is 0 Å². The predicted molar refractivity (Wildman–Crippen MR) is 63.8 cm³/mol. The SMILES string of the molecule is CCP(C#CP(CC)CC)CC. The molecule has 0 aliphatic rings. The van der Waals surface area contributed by atoms with Gasteiger partial charge in [0.05, 0.1) is 0 Å². The number of hydrogen-bond acceptors (Lipinski definition) is 0. The summed E-state index contributed by atoms with van der Waals surface area (Å²) < 4.78 is 0. The molecular weight excluding hydrogens is 182 g/mol. The number of hydrogen-bond donors (Lipinski definition) is 0. The lowest BCUT2D eigenvalue weighted by Crippen LogP contribution is -1.80. The van der Waals surface area contributed by atoms with Crippen molar-refractivity contribution < 1.29 is 0 Å². The first-order valence-corrected chi connectivity index (χ1v) is 8.21. The van der Waals surface area contributed by atoms with E-state index in [-0.39, 0.29) is 15.8 Å². The van der Waals surface area contributed by atoms with Crippen LogP contribution in [0.4, 0.5) is 0 Å². The van der Waals surface area contributed by atoms with Crippen LogP contribution in [0.2, 0.25) is 0 Å². The lowest BCUT2D eigenvalue weighted by Gasteiger charge is -2.05. The molecule has 0 aromatic carbocycles. The van der Waals surface area contributed by atoms with Gasteiger partial charge in [-0.1, -0.05) is 39.0 Å². The summed E-state index contributed by atoms with van der Waals surface area (Å²) >= 11 is 0. The average molecular weight is 202 g/mol. The van der Waals surface area contributed by atoms with Crippen molar-refractivity contribution in [2.45, 2.75) is 27.7 Å². The van der Waals surface area contributed by atoms with E-state index < -0.39 is 0 Å². The molecule has 0 aromatic rings. The van der Waals surface area contributed by atoms with E-state index in [0.717, 1.165) is 0 Å². The maximum absolute atomic E-state index is 3.46. The molecule has 0 N–H and O–H groups in total. The Morgan fingerprint density at radius 3 is 1.08 bits per heavy atom. The van der Waals surface area contributed by atoms with Gasteiger partial charge in [0, 0.05) is 0 Å². The summed E-state index contributed by atoms with van der Waals surface area (Å²) in [6, 6.07) is 0. The van der Waals surface area contributed by atoms with Gasteiger partial charge in [0.25, 0.3) is 0 Å². The fraction of sp³-hybridized carbons (Fsp3) is 0.800. The first-order valence-electron chi connectivity index (χ1n) is 4.79. The Hall–Kier alpha value is 0.420. The molecule has 0 saturated carbocycles. The molecule has 12 heavy (non-hydrogen) atoms. The summed E-state index contributed by atoms with van der Waals surface area (Å²) in [5.41, 5.74) is 6.93. The summed E-state index contributed by atoms with van der Waals surface area (Å²) in [4.78, 5) is 0. The highest BCUT2D eigenvalue weighted by molar-refractivity contribution is 7.66. The molecule has 0 amide bonds. The monoisotopic (exact) mass is 202 g/mol. The third-order valence-electron chi connectivity index (χ3n) is 1.89. The predicted octanol–water partition coefficient (Wildman–Crippen LogP) is 3.95. The minimum absolute atomic E-state index is 0.0549. The second kappa shape index (κ2) is 8.04. The molecule has 2 heteroatoms. The van der Waals surface area contributed by atoms with E-state index in [2.05, 4.69) is 39.0 Å². The van der Waals surface area contributed by atoms with Crippen LogP contribution in [0.3, 0.4) is 0 Å². The van der Waals surface area contributed by atoms with Crippen molar-refractivity contribution in [2.75, 3.05) is 24.6 Å². The van der Waals surface area contributed by atoms with Crippen LogP contribution in [0.5, 0.6) is 0 Å². The molecule has 0 atom stereocenters. The Kier molecular flexibility index (Phi) is 8.32. The van der Waals surface area contributed by atoms with Crippen LogP contribution in [0.1, 0.15) is 27.7 Å². The molecule has 0 nitrogen and oxygen atoms in total. The van der Waals surface area contributed by atoms with Crippen molar-refractivity contribution in [1.29, 1.82) is 0 Å². The highest BCUT2D eigenvalue weighted by Gasteiger charge is 1.98. The molecule has 0 fully saturated rings. The molecule has 0 heterocycles. The minimum Gasteiger partial charge on any atom is -0.0721 e. The summed E-state index contributed by atoms with van der Waals surface area (Å²) in [7, 11) is 0.110. The van der Waals surface area contributed by atoms with Crippen molar-refractivity contribution in [1.82, 2.24) is 0 Å². The molecular formula is C10H20P2. The maximum Gasteiger partial charge on any atom is -0.0242 e. The Labute approximate surface area is 80.0 Å². The maximum atomic E-state index is 3.46. The quantitative estimate of drug-likeness (QED) is 0.478. The molecule has 0 aliphatic heterocycles. The van der Waals surface area contributed by atoms with Gasteiger partial charge < -0.3 is 0 Å². The van der Waals surface area contributed by atoms with E-state index in [9.17, 15) is 0 Å². The summed E-state index contributed by atoms with van der Waals surface area (Å²) in [6.07, 6.45) is 5.09. The van der Waals surface area contributed by atoms with Crippen molar-refractivity contribution in [2.24, 2.45) is 0 Å². The van der Waals surface area contributed by atoms with Gasteiger partial charge >= 0.3 is 0 Å². The lowest BCUT2D eigenvalue weighted by atomic mass is 11.0. The zero-order valence-electron chi connectivity index (χ0n) is 8.72. The molecule has 0 aromatic heterocycles. The van der Waals surface area contributed by atoms with Gasteiger partial charge in [-0.2, -0.15) is 0 Å². The highest BCUT2D eigenvalue weighted by atomic mass is 31.1.